The summed E-state index contributed by atoms with van der Waals surface area (Å²) in [4.78, 5) is 14.3. The molecule has 1 N–H and O–H groups in total. The highest BCUT2D eigenvalue weighted by Crippen LogP contribution is 2.10. The van der Waals surface area contributed by atoms with Gasteiger partial charge in [0.25, 0.3) is 0 Å². The zero-order valence-corrected chi connectivity index (χ0v) is 16.2. The second-order valence-electron chi connectivity index (χ2n) is 6.88. The molecule has 1 aromatic heterocycles. The second-order valence-corrected chi connectivity index (χ2v) is 6.88. The standard InChI is InChI=1S/C22H25N5O/c1-26(2)16-20-11-7-6-10-19(20)14-23-22(28)13-12-21-17-27(25-24-21)15-18-8-4-3-5-9-18/h3-13,17H,14-16H2,1-2H3,(H,23,28)/b13-12+. The highest BCUT2D eigenvalue weighted by atomic mass is 16.1. The van der Waals surface area contributed by atoms with Crippen LogP contribution in [0.15, 0.2) is 66.9 Å². The van der Waals surface area contributed by atoms with Crippen LogP contribution in [-0.4, -0.2) is 39.9 Å². The summed E-state index contributed by atoms with van der Waals surface area (Å²) in [5.41, 5.74) is 4.13. The Kier molecular flexibility index (Phi) is 6.70. The van der Waals surface area contributed by atoms with Crippen molar-refractivity contribution in [3.63, 3.8) is 0 Å². The summed E-state index contributed by atoms with van der Waals surface area (Å²) in [7, 11) is 4.06. The predicted octanol–water partition coefficient (Wildman–Crippen LogP) is 2.72. The van der Waals surface area contributed by atoms with Crippen LogP contribution in [0.4, 0.5) is 0 Å². The Labute approximate surface area is 165 Å². The number of hydrogen-bond acceptors (Lipinski definition) is 4. The molecule has 28 heavy (non-hydrogen) atoms. The fourth-order valence-electron chi connectivity index (χ4n) is 2.86. The van der Waals surface area contributed by atoms with Gasteiger partial charge in [-0.1, -0.05) is 59.8 Å². The van der Waals surface area contributed by atoms with E-state index in [1.54, 1.807) is 10.8 Å². The van der Waals surface area contributed by atoms with Crippen molar-refractivity contribution in [3.8, 4) is 0 Å². The van der Waals surface area contributed by atoms with Gasteiger partial charge in [0.05, 0.1) is 12.7 Å². The molecule has 1 amide bonds. The SMILES string of the molecule is CN(C)Cc1ccccc1CNC(=O)/C=C/c1cn(Cc2ccccc2)nn1. The first-order valence-electron chi connectivity index (χ1n) is 9.21. The number of benzene rings is 2. The van der Waals surface area contributed by atoms with Gasteiger partial charge in [0.1, 0.15) is 5.69 Å². The maximum Gasteiger partial charge on any atom is 0.244 e. The number of nitrogens with zero attached hydrogens (tertiary/aromatic N) is 4. The Hall–Kier alpha value is -3.25. The van der Waals surface area contributed by atoms with Gasteiger partial charge in [-0.15, -0.1) is 5.10 Å². The zero-order valence-electron chi connectivity index (χ0n) is 16.2. The average Bonchev–Trinajstić information content (AvgIpc) is 3.13. The molecule has 144 valence electrons. The van der Waals surface area contributed by atoms with E-state index in [2.05, 4.69) is 26.6 Å². The molecular weight excluding hydrogens is 350 g/mol. The van der Waals surface area contributed by atoms with E-state index in [-0.39, 0.29) is 5.91 Å². The van der Waals surface area contributed by atoms with Crippen LogP contribution in [0.25, 0.3) is 6.08 Å². The summed E-state index contributed by atoms with van der Waals surface area (Å²) in [5, 5.41) is 11.1. The van der Waals surface area contributed by atoms with Crippen LogP contribution in [0.3, 0.4) is 0 Å². The summed E-state index contributed by atoms with van der Waals surface area (Å²) in [6.07, 6.45) is 4.99. The van der Waals surface area contributed by atoms with Crippen molar-refractivity contribution in [2.24, 2.45) is 0 Å². The van der Waals surface area contributed by atoms with E-state index < -0.39 is 0 Å². The lowest BCUT2D eigenvalue weighted by Crippen LogP contribution is -2.22. The first kappa shape index (κ1) is 19.5. The average molecular weight is 375 g/mol. The van der Waals surface area contributed by atoms with Crippen molar-refractivity contribution < 1.29 is 4.79 Å². The lowest BCUT2D eigenvalue weighted by molar-refractivity contribution is -0.116. The molecule has 0 radical (unpaired) electrons. The van der Waals surface area contributed by atoms with Crippen LogP contribution in [0.5, 0.6) is 0 Å². The van der Waals surface area contributed by atoms with Gasteiger partial charge in [-0.05, 0) is 36.9 Å². The number of nitrogens with one attached hydrogen (secondary N) is 1. The number of amides is 1. The molecule has 0 unspecified atom stereocenters. The molecule has 2 aromatic carbocycles. The number of carbonyl (C=O) groups is 1. The minimum Gasteiger partial charge on any atom is -0.348 e. The van der Waals surface area contributed by atoms with Gasteiger partial charge in [-0.25, -0.2) is 4.68 Å². The molecule has 0 aliphatic carbocycles. The van der Waals surface area contributed by atoms with Gasteiger partial charge in [-0.3, -0.25) is 4.79 Å². The van der Waals surface area contributed by atoms with Gasteiger partial charge in [0.15, 0.2) is 0 Å². The minimum atomic E-state index is -0.155. The molecule has 3 aromatic rings. The van der Waals surface area contributed by atoms with Crippen molar-refractivity contribution in [2.75, 3.05) is 14.1 Å². The van der Waals surface area contributed by atoms with Crippen molar-refractivity contribution in [2.45, 2.75) is 19.6 Å². The van der Waals surface area contributed by atoms with Crippen molar-refractivity contribution >= 4 is 12.0 Å². The van der Waals surface area contributed by atoms with Crippen LogP contribution in [0.2, 0.25) is 0 Å². The lowest BCUT2D eigenvalue weighted by Gasteiger charge is -2.14. The summed E-state index contributed by atoms with van der Waals surface area (Å²) in [6.45, 7) is 1.98. The van der Waals surface area contributed by atoms with Gasteiger partial charge in [-0.2, -0.15) is 0 Å². The fraction of sp³-hybridized carbons (Fsp3) is 0.227. The first-order valence-corrected chi connectivity index (χ1v) is 9.21. The lowest BCUT2D eigenvalue weighted by atomic mass is 10.1. The van der Waals surface area contributed by atoms with Gasteiger partial charge >= 0.3 is 0 Å². The summed E-state index contributed by atoms with van der Waals surface area (Å²) < 4.78 is 1.75. The van der Waals surface area contributed by atoms with Crippen molar-refractivity contribution in [3.05, 3.63) is 89.3 Å². The van der Waals surface area contributed by atoms with Crippen molar-refractivity contribution in [1.82, 2.24) is 25.2 Å². The minimum absolute atomic E-state index is 0.155. The fourth-order valence-corrected chi connectivity index (χ4v) is 2.86. The Balaban J connectivity index is 1.53. The van der Waals surface area contributed by atoms with Crippen LogP contribution in [0.1, 0.15) is 22.4 Å². The number of rotatable bonds is 8. The van der Waals surface area contributed by atoms with E-state index in [0.29, 0.717) is 18.8 Å². The van der Waals surface area contributed by atoms with E-state index >= 15 is 0 Å². The topological polar surface area (TPSA) is 63.1 Å². The van der Waals surface area contributed by atoms with Crippen LogP contribution >= 0.6 is 0 Å². The van der Waals surface area contributed by atoms with Crippen LogP contribution < -0.4 is 5.32 Å². The number of carbonyl (C=O) groups excluding carboxylic acids is 1. The predicted molar refractivity (Wildman–Crippen MR) is 110 cm³/mol. The molecule has 0 saturated heterocycles. The maximum atomic E-state index is 12.2. The monoisotopic (exact) mass is 375 g/mol. The van der Waals surface area contributed by atoms with Crippen LogP contribution in [-0.2, 0) is 24.4 Å². The molecular formula is C22H25N5O. The molecule has 0 fully saturated rings. The third-order valence-corrected chi connectivity index (χ3v) is 4.21. The Morgan fingerprint density at radius 3 is 2.54 bits per heavy atom. The largest absolute Gasteiger partial charge is 0.348 e. The first-order chi connectivity index (χ1) is 13.6. The summed E-state index contributed by atoms with van der Waals surface area (Å²) in [6, 6.07) is 18.2. The van der Waals surface area contributed by atoms with E-state index in [9.17, 15) is 4.79 Å². The molecule has 0 aliphatic heterocycles. The van der Waals surface area contributed by atoms with Gasteiger partial charge in [0, 0.05) is 19.2 Å². The molecule has 3 rings (SSSR count). The van der Waals surface area contributed by atoms with E-state index in [0.717, 1.165) is 17.7 Å². The number of aromatic nitrogens is 3. The molecule has 6 heteroatoms. The molecule has 0 bridgehead atoms. The van der Waals surface area contributed by atoms with Crippen molar-refractivity contribution in [1.29, 1.82) is 0 Å². The quantitative estimate of drug-likeness (QED) is 0.615. The molecule has 0 atom stereocenters. The zero-order chi connectivity index (χ0) is 19.8. The molecule has 1 heterocycles. The van der Waals surface area contributed by atoms with Gasteiger partial charge < -0.3 is 10.2 Å². The number of hydrogen-bond donors (Lipinski definition) is 1. The smallest absolute Gasteiger partial charge is 0.244 e. The molecule has 0 saturated carbocycles. The van der Waals surface area contributed by atoms with E-state index in [4.69, 9.17) is 0 Å². The molecule has 0 aliphatic rings. The second kappa shape index (κ2) is 9.62. The van der Waals surface area contributed by atoms with E-state index in [1.165, 1.54) is 11.6 Å². The highest BCUT2D eigenvalue weighted by Gasteiger charge is 2.05. The third kappa shape index (κ3) is 5.89. The Morgan fingerprint density at radius 2 is 1.79 bits per heavy atom. The Bertz CT molecular complexity index is 931. The van der Waals surface area contributed by atoms with Crippen LogP contribution in [0, 0.1) is 0 Å². The Morgan fingerprint density at radius 1 is 1.07 bits per heavy atom. The van der Waals surface area contributed by atoms with E-state index in [1.807, 2.05) is 68.8 Å². The summed E-state index contributed by atoms with van der Waals surface area (Å²) in [5.74, 6) is -0.155. The molecule has 0 spiro atoms. The summed E-state index contributed by atoms with van der Waals surface area (Å²) >= 11 is 0. The molecule has 6 nitrogen and oxygen atoms in total. The highest BCUT2D eigenvalue weighted by molar-refractivity contribution is 5.91. The normalized spacial score (nSPS) is 11.2. The third-order valence-electron chi connectivity index (χ3n) is 4.21. The van der Waals surface area contributed by atoms with Gasteiger partial charge in [0.2, 0.25) is 5.91 Å². The maximum absolute atomic E-state index is 12.2.